The van der Waals surface area contributed by atoms with Gasteiger partial charge in [0.25, 0.3) is 5.91 Å². The van der Waals surface area contributed by atoms with Crippen LogP contribution >= 0.6 is 11.3 Å². The van der Waals surface area contributed by atoms with Crippen LogP contribution in [0.1, 0.15) is 17.3 Å². The van der Waals surface area contributed by atoms with Crippen LogP contribution in [0.5, 0.6) is 5.75 Å². The first-order chi connectivity index (χ1) is 12.0. The molecule has 0 atom stereocenters. The van der Waals surface area contributed by atoms with E-state index in [1.54, 1.807) is 53.8 Å². The van der Waals surface area contributed by atoms with Gasteiger partial charge in [-0.1, -0.05) is 6.07 Å². The van der Waals surface area contributed by atoms with Gasteiger partial charge < -0.3 is 15.7 Å². The van der Waals surface area contributed by atoms with Gasteiger partial charge in [0, 0.05) is 23.1 Å². The van der Waals surface area contributed by atoms with Crippen LogP contribution in [0.25, 0.3) is 10.4 Å². The van der Waals surface area contributed by atoms with E-state index < -0.39 is 0 Å². The van der Waals surface area contributed by atoms with Crippen molar-refractivity contribution in [3.8, 4) is 16.2 Å². The highest BCUT2D eigenvalue weighted by atomic mass is 32.1. The van der Waals surface area contributed by atoms with Gasteiger partial charge in [0.15, 0.2) is 0 Å². The van der Waals surface area contributed by atoms with E-state index >= 15 is 0 Å². The average Bonchev–Trinajstić information content (AvgIpc) is 3.11. The van der Waals surface area contributed by atoms with Crippen molar-refractivity contribution in [2.24, 2.45) is 0 Å². The van der Waals surface area contributed by atoms with Crippen molar-refractivity contribution >= 4 is 34.5 Å². The van der Waals surface area contributed by atoms with Crippen molar-refractivity contribution in [2.45, 2.75) is 6.92 Å². The first kappa shape index (κ1) is 16.7. The number of phenolic OH excluding ortho intramolecular Hbond substituents is 1. The summed E-state index contributed by atoms with van der Waals surface area (Å²) in [5.41, 5.74) is 2.31. The highest BCUT2D eigenvalue weighted by Gasteiger charge is 2.11. The molecule has 0 saturated carbocycles. The molecule has 6 heteroatoms. The fourth-order valence-corrected chi connectivity index (χ4v) is 3.06. The molecule has 2 amide bonds. The minimum atomic E-state index is -0.340. The lowest BCUT2D eigenvalue weighted by Crippen LogP contribution is -2.12. The summed E-state index contributed by atoms with van der Waals surface area (Å²) in [5.74, 6) is -0.510. The van der Waals surface area contributed by atoms with Crippen LogP contribution < -0.4 is 10.6 Å². The third kappa shape index (κ3) is 4.05. The smallest absolute Gasteiger partial charge is 0.255 e. The van der Waals surface area contributed by atoms with Crippen LogP contribution in [0.2, 0.25) is 0 Å². The lowest BCUT2D eigenvalue weighted by molar-refractivity contribution is -0.114. The predicted octanol–water partition coefficient (Wildman–Crippen LogP) is 4.33. The minimum absolute atomic E-state index is 0.00326. The van der Waals surface area contributed by atoms with Gasteiger partial charge in [-0.3, -0.25) is 9.59 Å². The lowest BCUT2D eigenvalue weighted by atomic mass is 10.1. The molecule has 126 valence electrons. The summed E-state index contributed by atoms with van der Waals surface area (Å²) in [7, 11) is 0. The number of anilines is 2. The molecule has 5 nitrogen and oxygen atoms in total. The van der Waals surface area contributed by atoms with Crippen molar-refractivity contribution < 1.29 is 14.7 Å². The van der Waals surface area contributed by atoms with Gasteiger partial charge in [0.05, 0.1) is 5.69 Å². The van der Waals surface area contributed by atoms with Crippen LogP contribution in [-0.4, -0.2) is 16.9 Å². The van der Waals surface area contributed by atoms with E-state index in [0.29, 0.717) is 16.9 Å². The number of amides is 2. The van der Waals surface area contributed by atoms with Gasteiger partial charge in [0.1, 0.15) is 5.75 Å². The van der Waals surface area contributed by atoms with Crippen molar-refractivity contribution in [1.82, 2.24) is 0 Å². The Hall–Kier alpha value is -3.12. The summed E-state index contributed by atoms with van der Waals surface area (Å²) in [5, 5.41) is 17.3. The molecule has 0 aliphatic carbocycles. The molecule has 0 aliphatic heterocycles. The number of carbonyl (C=O) groups is 2. The Morgan fingerprint density at radius 2 is 1.76 bits per heavy atom. The fraction of sp³-hybridized carbons (Fsp3) is 0.0526. The summed E-state index contributed by atoms with van der Waals surface area (Å²) < 4.78 is 0. The molecule has 0 spiro atoms. The van der Waals surface area contributed by atoms with E-state index in [4.69, 9.17) is 0 Å². The summed E-state index contributed by atoms with van der Waals surface area (Å²) in [6.45, 7) is 1.42. The second kappa shape index (κ2) is 7.19. The van der Waals surface area contributed by atoms with Crippen LogP contribution in [-0.2, 0) is 4.79 Å². The minimum Gasteiger partial charge on any atom is -0.506 e. The molecule has 0 fully saturated rings. The van der Waals surface area contributed by atoms with Crippen molar-refractivity contribution in [3.63, 3.8) is 0 Å². The number of hydrogen-bond acceptors (Lipinski definition) is 4. The first-order valence-electron chi connectivity index (χ1n) is 7.59. The molecule has 0 saturated heterocycles. The van der Waals surface area contributed by atoms with E-state index in [-0.39, 0.29) is 17.6 Å². The highest BCUT2D eigenvalue weighted by molar-refractivity contribution is 7.13. The summed E-state index contributed by atoms with van der Waals surface area (Å²) >= 11 is 1.58. The molecule has 3 rings (SSSR count). The molecule has 0 bridgehead atoms. The Bertz CT molecular complexity index is 903. The Balaban J connectivity index is 1.78. The molecule has 0 radical (unpaired) electrons. The lowest BCUT2D eigenvalue weighted by Gasteiger charge is -2.10. The maximum absolute atomic E-state index is 12.4. The number of nitrogens with one attached hydrogen (secondary N) is 2. The predicted molar refractivity (Wildman–Crippen MR) is 100 cm³/mol. The largest absolute Gasteiger partial charge is 0.506 e. The number of thiophene rings is 1. The maximum Gasteiger partial charge on any atom is 0.255 e. The molecule has 2 aromatic carbocycles. The Morgan fingerprint density at radius 1 is 1.00 bits per heavy atom. The molecule has 25 heavy (non-hydrogen) atoms. The Kier molecular flexibility index (Phi) is 4.81. The number of benzene rings is 2. The summed E-state index contributed by atoms with van der Waals surface area (Å²) in [4.78, 5) is 24.5. The monoisotopic (exact) mass is 352 g/mol. The zero-order valence-electron chi connectivity index (χ0n) is 13.4. The standard InChI is InChI=1S/C19H16N2O3S/c1-12(22)20-15-7-4-13(5-8-15)19(24)21-16-11-14(6-9-17(16)23)18-3-2-10-25-18/h2-11,23H,1H3,(H,20,22)(H,21,24). The highest BCUT2D eigenvalue weighted by Crippen LogP contribution is 2.32. The Labute approximate surface area is 148 Å². The molecule has 0 aliphatic rings. The molecular weight excluding hydrogens is 336 g/mol. The van der Waals surface area contributed by atoms with E-state index in [0.717, 1.165) is 10.4 Å². The number of aromatic hydroxyl groups is 1. The van der Waals surface area contributed by atoms with Gasteiger partial charge in [-0.25, -0.2) is 0 Å². The topological polar surface area (TPSA) is 78.4 Å². The van der Waals surface area contributed by atoms with E-state index in [2.05, 4.69) is 10.6 Å². The molecular formula is C19H16N2O3S. The SMILES string of the molecule is CC(=O)Nc1ccc(C(=O)Nc2cc(-c3cccs3)ccc2O)cc1. The molecule has 3 N–H and O–H groups in total. The van der Waals surface area contributed by atoms with Crippen molar-refractivity contribution in [1.29, 1.82) is 0 Å². The summed E-state index contributed by atoms with van der Waals surface area (Å²) in [6, 6.07) is 15.6. The van der Waals surface area contributed by atoms with E-state index in [1.807, 2.05) is 17.5 Å². The van der Waals surface area contributed by atoms with Crippen LogP contribution in [0.4, 0.5) is 11.4 Å². The molecule has 3 aromatic rings. The first-order valence-corrected chi connectivity index (χ1v) is 8.47. The zero-order chi connectivity index (χ0) is 17.8. The van der Waals surface area contributed by atoms with Gasteiger partial charge in [0.2, 0.25) is 5.91 Å². The quantitative estimate of drug-likeness (QED) is 0.612. The zero-order valence-corrected chi connectivity index (χ0v) is 14.3. The van der Waals surface area contributed by atoms with Gasteiger partial charge in [-0.2, -0.15) is 0 Å². The molecule has 1 aromatic heterocycles. The second-order valence-corrected chi connectivity index (χ2v) is 6.37. The van der Waals surface area contributed by atoms with Crippen molar-refractivity contribution in [2.75, 3.05) is 10.6 Å². The van der Waals surface area contributed by atoms with E-state index in [1.165, 1.54) is 6.92 Å². The second-order valence-electron chi connectivity index (χ2n) is 5.42. The number of rotatable bonds is 4. The van der Waals surface area contributed by atoms with E-state index in [9.17, 15) is 14.7 Å². The Morgan fingerprint density at radius 3 is 2.40 bits per heavy atom. The van der Waals surface area contributed by atoms with Gasteiger partial charge >= 0.3 is 0 Å². The van der Waals surface area contributed by atoms with Crippen LogP contribution in [0.3, 0.4) is 0 Å². The third-order valence-electron chi connectivity index (χ3n) is 3.52. The normalized spacial score (nSPS) is 10.3. The number of carbonyl (C=O) groups excluding carboxylic acids is 2. The average molecular weight is 352 g/mol. The van der Waals surface area contributed by atoms with Gasteiger partial charge in [-0.15, -0.1) is 11.3 Å². The van der Waals surface area contributed by atoms with Crippen LogP contribution in [0, 0.1) is 0 Å². The molecule has 1 heterocycles. The maximum atomic E-state index is 12.4. The fourth-order valence-electron chi connectivity index (χ4n) is 2.33. The molecule has 0 unspecified atom stereocenters. The number of phenols is 1. The van der Waals surface area contributed by atoms with Crippen molar-refractivity contribution in [3.05, 3.63) is 65.5 Å². The summed E-state index contributed by atoms with van der Waals surface area (Å²) in [6.07, 6.45) is 0. The third-order valence-corrected chi connectivity index (χ3v) is 4.44. The number of hydrogen-bond donors (Lipinski definition) is 3. The van der Waals surface area contributed by atoms with Crippen LogP contribution in [0.15, 0.2) is 60.0 Å². The van der Waals surface area contributed by atoms with Gasteiger partial charge in [-0.05, 0) is 59.5 Å².